The molecular weight excluding hydrogens is 434 g/mol. The van der Waals surface area contributed by atoms with E-state index in [2.05, 4.69) is 99.6 Å². The van der Waals surface area contributed by atoms with Crippen LogP contribution in [0.15, 0.2) is 67.4 Å². The first-order valence-corrected chi connectivity index (χ1v) is 12.3. The predicted octanol–water partition coefficient (Wildman–Crippen LogP) is 5.94. The van der Waals surface area contributed by atoms with E-state index in [-0.39, 0.29) is 0 Å². The van der Waals surface area contributed by atoms with Crippen molar-refractivity contribution in [3.63, 3.8) is 0 Å². The summed E-state index contributed by atoms with van der Waals surface area (Å²) < 4.78 is 1.78. The smallest absolute Gasteiger partial charge is 0.155 e. The maximum Gasteiger partial charge on any atom is 0.155 e. The average molecular weight is 466 g/mol. The number of aromatic nitrogens is 5. The van der Waals surface area contributed by atoms with Crippen LogP contribution < -0.4 is 10.2 Å². The number of nitrogens with zero attached hydrogens (tertiary/aromatic N) is 6. The minimum absolute atomic E-state index is 0.828. The van der Waals surface area contributed by atoms with E-state index in [4.69, 9.17) is 0 Å². The number of benzene rings is 2. The van der Waals surface area contributed by atoms with Gasteiger partial charge in [0.1, 0.15) is 18.5 Å². The van der Waals surface area contributed by atoms with Gasteiger partial charge in [0, 0.05) is 36.0 Å². The van der Waals surface area contributed by atoms with Crippen LogP contribution in [0.1, 0.15) is 43.4 Å². The lowest BCUT2D eigenvalue weighted by molar-refractivity contribution is 0.745. The molecular formula is C28H31N7. The highest BCUT2D eigenvalue weighted by atomic mass is 15.3. The van der Waals surface area contributed by atoms with E-state index in [0.29, 0.717) is 0 Å². The maximum atomic E-state index is 4.58. The van der Waals surface area contributed by atoms with Gasteiger partial charge in [0.25, 0.3) is 0 Å². The Morgan fingerprint density at radius 2 is 1.74 bits per heavy atom. The minimum Gasteiger partial charge on any atom is -0.372 e. The highest BCUT2D eigenvalue weighted by Crippen LogP contribution is 2.29. The van der Waals surface area contributed by atoms with Gasteiger partial charge in [-0.25, -0.2) is 19.5 Å². The van der Waals surface area contributed by atoms with E-state index in [0.717, 1.165) is 60.4 Å². The quantitative estimate of drug-likeness (QED) is 0.290. The van der Waals surface area contributed by atoms with Crippen molar-refractivity contribution in [3.8, 4) is 0 Å². The molecule has 0 fully saturated rings. The Bertz CT molecular complexity index is 1450. The third-order valence-corrected chi connectivity index (χ3v) is 6.32. The molecule has 0 saturated heterocycles. The summed E-state index contributed by atoms with van der Waals surface area (Å²) in [6.07, 6.45) is 8.25. The SMILES string of the molecule is CCCN(CCC)c1ccc2ncnc(Nc3ccc(Cc4ccn5ncnc5c4)c(C)c3)c2c1. The molecule has 0 aliphatic heterocycles. The lowest BCUT2D eigenvalue weighted by Gasteiger charge is -2.24. The molecule has 7 heteroatoms. The number of nitrogens with one attached hydrogen (secondary N) is 1. The normalized spacial score (nSPS) is 11.3. The van der Waals surface area contributed by atoms with Crippen molar-refractivity contribution in [1.29, 1.82) is 0 Å². The number of rotatable bonds is 9. The first-order chi connectivity index (χ1) is 17.1. The second-order valence-electron chi connectivity index (χ2n) is 8.95. The molecule has 2 aromatic carbocycles. The number of fused-ring (bicyclic) bond motifs is 2. The van der Waals surface area contributed by atoms with Crippen LogP contribution >= 0.6 is 0 Å². The van der Waals surface area contributed by atoms with Crippen molar-refractivity contribution in [2.45, 2.75) is 40.0 Å². The van der Waals surface area contributed by atoms with Gasteiger partial charge in [0.15, 0.2) is 5.65 Å². The number of anilines is 3. The summed E-state index contributed by atoms with van der Waals surface area (Å²) in [7, 11) is 0. The lowest BCUT2D eigenvalue weighted by atomic mass is 10.0. The van der Waals surface area contributed by atoms with Crippen molar-refractivity contribution >= 4 is 33.7 Å². The molecule has 0 aliphatic carbocycles. The molecule has 0 spiro atoms. The molecule has 0 saturated carbocycles. The van der Waals surface area contributed by atoms with Gasteiger partial charge in [-0.3, -0.25) is 0 Å². The average Bonchev–Trinajstić information content (AvgIpc) is 3.34. The van der Waals surface area contributed by atoms with Gasteiger partial charge in [-0.15, -0.1) is 0 Å². The van der Waals surface area contributed by atoms with E-state index in [1.54, 1.807) is 17.2 Å². The van der Waals surface area contributed by atoms with Gasteiger partial charge >= 0.3 is 0 Å². The van der Waals surface area contributed by atoms with Crippen LogP contribution in [0.25, 0.3) is 16.6 Å². The summed E-state index contributed by atoms with van der Waals surface area (Å²) in [4.78, 5) is 15.8. The predicted molar refractivity (Wildman–Crippen MR) is 143 cm³/mol. The zero-order valence-corrected chi connectivity index (χ0v) is 20.6. The Labute approximate surface area is 205 Å². The summed E-state index contributed by atoms with van der Waals surface area (Å²) in [6.45, 7) is 8.68. The Kier molecular flexibility index (Phi) is 6.57. The van der Waals surface area contributed by atoms with Crippen LogP contribution in [0.5, 0.6) is 0 Å². The molecule has 0 atom stereocenters. The van der Waals surface area contributed by atoms with Crippen molar-refractivity contribution in [2.75, 3.05) is 23.3 Å². The van der Waals surface area contributed by atoms with Crippen LogP contribution in [-0.2, 0) is 6.42 Å². The monoisotopic (exact) mass is 465 g/mol. The van der Waals surface area contributed by atoms with Crippen molar-refractivity contribution in [1.82, 2.24) is 24.6 Å². The van der Waals surface area contributed by atoms with Crippen molar-refractivity contribution in [3.05, 3.63) is 84.1 Å². The fourth-order valence-electron chi connectivity index (χ4n) is 4.55. The zero-order chi connectivity index (χ0) is 24.2. The van der Waals surface area contributed by atoms with Crippen LogP contribution in [0, 0.1) is 6.92 Å². The van der Waals surface area contributed by atoms with Gasteiger partial charge in [0.2, 0.25) is 0 Å². The highest BCUT2D eigenvalue weighted by Gasteiger charge is 2.11. The molecule has 0 amide bonds. The van der Waals surface area contributed by atoms with Crippen molar-refractivity contribution < 1.29 is 0 Å². The van der Waals surface area contributed by atoms with Gasteiger partial charge in [0.05, 0.1) is 5.52 Å². The second-order valence-corrected chi connectivity index (χ2v) is 8.95. The Hall–Kier alpha value is -4.00. The molecule has 5 rings (SSSR count). The van der Waals surface area contributed by atoms with Crippen molar-refractivity contribution in [2.24, 2.45) is 0 Å². The molecule has 7 nitrogen and oxygen atoms in total. The Morgan fingerprint density at radius 1 is 0.886 bits per heavy atom. The summed E-state index contributed by atoms with van der Waals surface area (Å²) in [5.41, 5.74) is 7.77. The van der Waals surface area contributed by atoms with Crippen LogP contribution in [0.3, 0.4) is 0 Å². The van der Waals surface area contributed by atoms with Crippen LogP contribution in [0.4, 0.5) is 17.2 Å². The molecule has 5 aromatic rings. The third-order valence-electron chi connectivity index (χ3n) is 6.32. The van der Waals surface area contributed by atoms with E-state index in [1.807, 2.05) is 6.20 Å². The van der Waals surface area contributed by atoms with E-state index in [1.165, 1.54) is 22.4 Å². The molecule has 35 heavy (non-hydrogen) atoms. The number of aryl methyl sites for hydroxylation is 1. The molecule has 0 aliphatic rings. The van der Waals surface area contributed by atoms with Gasteiger partial charge in [-0.1, -0.05) is 19.9 Å². The fourth-order valence-corrected chi connectivity index (χ4v) is 4.55. The number of hydrogen-bond donors (Lipinski definition) is 1. The van der Waals surface area contributed by atoms with Crippen LogP contribution in [0.2, 0.25) is 0 Å². The maximum absolute atomic E-state index is 4.58. The molecule has 0 unspecified atom stereocenters. The second kappa shape index (κ2) is 10.1. The largest absolute Gasteiger partial charge is 0.372 e. The first-order valence-electron chi connectivity index (χ1n) is 12.3. The van der Waals surface area contributed by atoms with E-state index >= 15 is 0 Å². The molecule has 178 valence electrons. The van der Waals surface area contributed by atoms with Gasteiger partial charge in [-0.05, 0) is 85.3 Å². The third kappa shape index (κ3) is 4.94. The van der Waals surface area contributed by atoms with E-state index < -0.39 is 0 Å². The first kappa shape index (κ1) is 22.8. The van der Waals surface area contributed by atoms with E-state index in [9.17, 15) is 0 Å². The molecule has 0 radical (unpaired) electrons. The summed E-state index contributed by atoms with van der Waals surface area (Å²) in [6, 6.07) is 17.1. The summed E-state index contributed by atoms with van der Waals surface area (Å²) >= 11 is 0. The molecule has 1 N–H and O–H groups in total. The zero-order valence-electron chi connectivity index (χ0n) is 20.6. The molecule has 3 aromatic heterocycles. The summed E-state index contributed by atoms with van der Waals surface area (Å²) in [5.74, 6) is 0.828. The minimum atomic E-state index is 0.828. The molecule has 0 bridgehead atoms. The van der Waals surface area contributed by atoms with Crippen LogP contribution in [-0.4, -0.2) is 37.7 Å². The Morgan fingerprint density at radius 3 is 2.54 bits per heavy atom. The standard InChI is InChI=1S/C28H31N7/c1-4-11-34(12-5-2)24-8-9-26-25(17-24)28(31-18-29-26)33-23-7-6-22(20(3)14-23)15-21-10-13-35-27(16-21)30-19-32-35/h6-10,13-14,16-19H,4-5,11-12,15H2,1-3H3,(H,29,31,33). The van der Waals surface area contributed by atoms with Gasteiger partial charge < -0.3 is 10.2 Å². The van der Waals surface area contributed by atoms with Gasteiger partial charge in [-0.2, -0.15) is 5.10 Å². The summed E-state index contributed by atoms with van der Waals surface area (Å²) in [5, 5.41) is 8.75. The fraction of sp³-hybridized carbons (Fsp3) is 0.286. The lowest BCUT2D eigenvalue weighted by Crippen LogP contribution is -2.24. The number of hydrogen-bond acceptors (Lipinski definition) is 6. The number of pyridine rings is 1. The topological polar surface area (TPSA) is 71.2 Å². The molecule has 3 heterocycles. The Balaban J connectivity index is 1.40. The highest BCUT2D eigenvalue weighted by molar-refractivity contribution is 5.93.